The number of hydrogen-bond donors (Lipinski definition) is 0. The molecule has 2 nitrogen and oxygen atoms in total. The molecular weight excluding hydrogens is 799 g/mol. The van der Waals surface area contributed by atoms with Crippen molar-refractivity contribution in [1.29, 1.82) is 0 Å². The summed E-state index contributed by atoms with van der Waals surface area (Å²) in [6.45, 7) is 4.73. The molecule has 0 fully saturated rings. The lowest BCUT2D eigenvalue weighted by molar-refractivity contribution is 0.660. The maximum atomic E-state index is 6.73. The van der Waals surface area contributed by atoms with Gasteiger partial charge in [0.25, 0.3) is 0 Å². The van der Waals surface area contributed by atoms with Gasteiger partial charge in [-0.15, -0.1) is 0 Å². The highest BCUT2D eigenvalue weighted by atomic mass is 16.3. The van der Waals surface area contributed by atoms with Crippen molar-refractivity contribution in [2.75, 3.05) is 4.90 Å². The van der Waals surface area contributed by atoms with Crippen molar-refractivity contribution in [2.45, 2.75) is 24.7 Å². The summed E-state index contributed by atoms with van der Waals surface area (Å²) in [7, 11) is 0. The summed E-state index contributed by atoms with van der Waals surface area (Å²) in [5.74, 6) is 0. The van der Waals surface area contributed by atoms with E-state index in [2.05, 4.69) is 255 Å². The zero-order valence-electron chi connectivity index (χ0n) is 36.9. The van der Waals surface area contributed by atoms with Crippen LogP contribution < -0.4 is 4.90 Å². The predicted molar refractivity (Wildman–Crippen MR) is 274 cm³/mol. The smallest absolute Gasteiger partial charge is 0.137 e. The molecule has 0 N–H and O–H groups in total. The van der Waals surface area contributed by atoms with Gasteiger partial charge in [-0.1, -0.05) is 202 Å². The van der Waals surface area contributed by atoms with Gasteiger partial charge >= 0.3 is 0 Å². The Labute approximate surface area is 385 Å². The molecule has 1 unspecified atom stereocenters. The first-order valence-corrected chi connectivity index (χ1v) is 23.0. The van der Waals surface area contributed by atoms with E-state index < -0.39 is 5.41 Å². The topological polar surface area (TPSA) is 16.4 Å². The molecule has 2 aliphatic rings. The van der Waals surface area contributed by atoms with E-state index in [0.717, 1.165) is 44.6 Å². The number of rotatable bonds is 7. The Hall–Kier alpha value is -8.20. The standard InChI is InChI=1S/C64H45NO/c1-63(2)54-30-14-12-27-50(54)51-37-36-48(41-57(51)63)65(58-33-18-34-60-62(58)53-39-44(35-38-59(53)66-60)42-19-6-3-7-20-42)47-26-16-25-46(40-47)64(45-23-10-5-11-24-45)55-31-15-13-28-52(55)61-49(29-17-32-56(61)64)43-21-8-4-9-22-43/h3-41H,1-2H3. The van der Waals surface area contributed by atoms with Crippen molar-refractivity contribution >= 4 is 39.0 Å². The van der Waals surface area contributed by atoms with Gasteiger partial charge in [0.05, 0.1) is 16.5 Å². The number of furan rings is 1. The molecule has 1 atom stereocenters. The van der Waals surface area contributed by atoms with E-state index in [9.17, 15) is 0 Å². The molecule has 66 heavy (non-hydrogen) atoms. The second-order valence-corrected chi connectivity index (χ2v) is 18.4. The second-order valence-electron chi connectivity index (χ2n) is 18.4. The number of fused-ring (bicyclic) bond motifs is 9. The van der Waals surface area contributed by atoms with Gasteiger partial charge in [-0.25, -0.2) is 0 Å². The molecule has 0 saturated carbocycles. The van der Waals surface area contributed by atoms with Gasteiger partial charge in [0.1, 0.15) is 11.2 Å². The average molecular weight is 844 g/mol. The molecule has 1 heterocycles. The van der Waals surface area contributed by atoms with Gasteiger partial charge < -0.3 is 9.32 Å². The summed E-state index contributed by atoms with van der Waals surface area (Å²) in [5.41, 5.74) is 21.8. The number of hydrogen-bond acceptors (Lipinski definition) is 2. The summed E-state index contributed by atoms with van der Waals surface area (Å²) in [6, 6.07) is 87.1. The number of benzene rings is 10. The van der Waals surface area contributed by atoms with E-state index in [4.69, 9.17) is 4.42 Å². The zero-order chi connectivity index (χ0) is 44.0. The fourth-order valence-electron chi connectivity index (χ4n) is 11.6. The van der Waals surface area contributed by atoms with E-state index in [0.29, 0.717) is 0 Å². The van der Waals surface area contributed by atoms with Crippen molar-refractivity contribution < 1.29 is 4.42 Å². The third-order valence-electron chi connectivity index (χ3n) is 14.5. The van der Waals surface area contributed by atoms with E-state index in [1.165, 1.54) is 72.3 Å². The minimum atomic E-state index is -0.611. The first-order valence-electron chi connectivity index (χ1n) is 23.0. The average Bonchev–Trinajstić information content (AvgIpc) is 3.99. The minimum Gasteiger partial charge on any atom is -0.456 e. The summed E-state index contributed by atoms with van der Waals surface area (Å²) in [6.07, 6.45) is 0. The largest absolute Gasteiger partial charge is 0.456 e. The molecule has 2 heteroatoms. The Morgan fingerprint density at radius 3 is 1.77 bits per heavy atom. The monoisotopic (exact) mass is 843 g/mol. The van der Waals surface area contributed by atoms with Crippen molar-refractivity contribution in [3.63, 3.8) is 0 Å². The molecule has 1 aromatic heterocycles. The van der Waals surface area contributed by atoms with Crippen LogP contribution in [-0.4, -0.2) is 0 Å². The van der Waals surface area contributed by atoms with Crippen LogP contribution in [0.1, 0.15) is 47.2 Å². The summed E-state index contributed by atoms with van der Waals surface area (Å²) < 4.78 is 6.73. The van der Waals surface area contributed by atoms with Gasteiger partial charge in [0, 0.05) is 22.2 Å². The van der Waals surface area contributed by atoms with Crippen LogP contribution in [0.4, 0.5) is 17.1 Å². The molecule has 0 bridgehead atoms. The third-order valence-corrected chi connectivity index (χ3v) is 14.5. The van der Waals surface area contributed by atoms with E-state index in [1.807, 2.05) is 0 Å². The van der Waals surface area contributed by atoms with Gasteiger partial charge in [-0.05, 0) is 126 Å². The van der Waals surface area contributed by atoms with Crippen LogP contribution in [0, 0.1) is 0 Å². The first-order chi connectivity index (χ1) is 32.5. The van der Waals surface area contributed by atoms with Crippen LogP contribution in [0.2, 0.25) is 0 Å². The third kappa shape index (κ3) is 5.55. The Morgan fingerprint density at radius 2 is 0.970 bits per heavy atom. The van der Waals surface area contributed by atoms with Crippen LogP contribution in [-0.2, 0) is 10.8 Å². The van der Waals surface area contributed by atoms with Crippen molar-refractivity contribution in [3.05, 3.63) is 270 Å². The van der Waals surface area contributed by atoms with Gasteiger partial charge in [0.15, 0.2) is 0 Å². The van der Waals surface area contributed by atoms with Crippen LogP contribution in [0.25, 0.3) is 66.4 Å². The maximum absolute atomic E-state index is 6.73. The molecule has 0 amide bonds. The highest BCUT2D eigenvalue weighted by Crippen LogP contribution is 2.59. The molecule has 0 aliphatic heterocycles. The summed E-state index contributed by atoms with van der Waals surface area (Å²) >= 11 is 0. The number of anilines is 3. The molecule has 2 aliphatic carbocycles. The van der Waals surface area contributed by atoms with Gasteiger partial charge in [-0.3, -0.25) is 0 Å². The summed E-state index contributed by atoms with van der Waals surface area (Å²) in [5, 5.41) is 2.17. The minimum absolute atomic E-state index is 0.181. The van der Waals surface area contributed by atoms with Crippen LogP contribution in [0.3, 0.4) is 0 Å². The van der Waals surface area contributed by atoms with Crippen molar-refractivity contribution in [1.82, 2.24) is 0 Å². The van der Waals surface area contributed by atoms with Crippen molar-refractivity contribution in [3.8, 4) is 44.5 Å². The Morgan fingerprint density at radius 1 is 0.364 bits per heavy atom. The molecular formula is C64H45NO. The SMILES string of the molecule is CC1(C)c2ccccc2-c2ccc(N(c3cccc(C4(c5ccccc5)c5ccccc5-c5c(-c6ccccc6)cccc54)c3)c3cccc4oc5ccc(-c6ccccc6)cc5c34)cc21. The van der Waals surface area contributed by atoms with E-state index in [-0.39, 0.29) is 5.41 Å². The van der Waals surface area contributed by atoms with E-state index >= 15 is 0 Å². The first kappa shape index (κ1) is 38.3. The second kappa shape index (κ2) is 14.7. The molecule has 10 aromatic carbocycles. The van der Waals surface area contributed by atoms with Gasteiger partial charge in [0.2, 0.25) is 0 Å². The lowest BCUT2D eigenvalue weighted by Gasteiger charge is -2.35. The summed E-state index contributed by atoms with van der Waals surface area (Å²) in [4.78, 5) is 2.48. The van der Waals surface area contributed by atoms with Crippen molar-refractivity contribution in [2.24, 2.45) is 0 Å². The normalized spacial score (nSPS) is 15.3. The lowest BCUT2D eigenvalue weighted by atomic mass is 9.67. The Bertz CT molecular complexity index is 3680. The molecule has 0 spiro atoms. The quantitative estimate of drug-likeness (QED) is 0.159. The maximum Gasteiger partial charge on any atom is 0.137 e. The van der Waals surface area contributed by atoms with Crippen LogP contribution >= 0.6 is 0 Å². The Kier molecular flexibility index (Phi) is 8.51. The molecule has 0 radical (unpaired) electrons. The zero-order valence-corrected chi connectivity index (χ0v) is 36.9. The van der Waals surface area contributed by atoms with E-state index in [1.54, 1.807) is 0 Å². The Balaban J connectivity index is 1.09. The molecule has 11 aromatic rings. The molecule has 312 valence electrons. The lowest BCUT2D eigenvalue weighted by Crippen LogP contribution is -2.29. The highest BCUT2D eigenvalue weighted by Gasteiger charge is 2.47. The fourth-order valence-corrected chi connectivity index (χ4v) is 11.6. The van der Waals surface area contributed by atoms with Crippen LogP contribution in [0.15, 0.2) is 241 Å². The predicted octanol–water partition coefficient (Wildman–Crippen LogP) is 17.1. The number of nitrogens with zero attached hydrogens (tertiary/aromatic N) is 1. The molecule has 13 rings (SSSR count). The highest BCUT2D eigenvalue weighted by molar-refractivity contribution is 6.14. The fraction of sp³-hybridized carbons (Fsp3) is 0.0625. The van der Waals surface area contributed by atoms with Crippen LogP contribution in [0.5, 0.6) is 0 Å². The van der Waals surface area contributed by atoms with Gasteiger partial charge in [-0.2, -0.15) is 0 Å². The molecule has 0 saturated heterocycles.